The van der Waals surface area contributed by atoms with Gasteiger partial charge in [-0.25, -0.2) is 0 Å². The van der Waals surface area contributed by atoms with Gasteiger partial charge in [0.05, 0.1) is 0 Å². The summed E-state index contributed by atoms with van der Waals surface area (Å²) in [5, 5.41) is 2.21. The van der Waals surface area contributed by atoms with E-state index >= 15 is 0 Å². The van der Waals surface area contributed by atoms with Crippen LogP contribution in [0.25, 0.3) is 10.8 Å². The van der Waals surface area contributed by atoms with Gasteiger partial charge in [-0.2, -0.15) is 0 Å². The van der Waals surface area contributed by atoms with Crippen molar-refractivity contribution < 1.29 is 9.47 Å². The third kappa shape index (κ3) is 2.10. The first kappa shape index (κ1) is 9.99. The molecular weight excluding hydrogens is 188 g/mol. The number of benzene rings is 2. The molecule has 2 rings (SSSR count). The molecule has 0 fully saturated rings. The van der Waals surface area contributed by atoms with Crippen LogP contribution in [-0.2, 0) is 4.74 Å². The third-order valence-electron chi connectivity index (χ3n) is 2.30. The van der Waals surface area contributed by atoms with Crippen LogP contribution in [0.3, 0.4) is 0 Å². The fourth-order valence-electron chi connectivity index (χ4n) is 1.45. The SMILES string of the molecule is COC(C)Oc1[c]ccc2ccccc12. The molecule has 2 aromatic rings. The van der Waals surface area contributed by atoms with Crippen molar-refractivity contribution in [2.45, 2.75) is 13.2 Å². The molecule has 0 aliphatic carbocycles. The minimum Gasteiger partial charge on any atom is -0.464 e. The number of hydrogen-bond donors (Lipinski definition) is 0. The van der Waals surface area contributed by atoms with E-state index in [0.29, 0.717) is 0 Å². The lowest BCUT2D eigenvalue weighted by Crippen LogP contribution is -2.13. The first-order valence-electron chi connectivity index (χ1n) is 4.90. The smallest absolute Gasteiger partial charge is 0.196 e. The van der Waals surface area contributed by atoms with Crippen molar-refractivity contribution in [2.24, 2.45) is 0 Å². The highest BCUT2D eigenvalue weighted by Crippen LogP contribution is 2.25. The maximum Gasteiger partial charge on any atom is 0.196 e. The quantitative estimate of drug-likeness (QED) is 0.711. The lowest BCUT2D eigenvalue weighted by atomic mass is 10.1. The summed E-state index contributed by atoms with van der Waals surface area (Å²) < 4.78 is 10.7. The monoisotopic (exact) mass is 201 g/mol. The molecule has 0 amide bonds. The van der Waals surface area contributed by atoms with Gasteiger partial charge >= 0.3 is 0 Å². The van der Waals surface area contributed by atoms with Gasteiger partial charge in [0.15, 0.2) is 6.29 Å². The van der Waals surface area contributed by atoms with Gasteiger partial charge < -0.3 is 9.47 Å². The number of rotatable bonds is 3. The van der Waals surface area contributed by atoms with E-state index < -0.39 is 0 Å². The fourth-order valence-corrected chi connectivity index (χ4v) is 1.45. The van der Waals surface area contributed by atoms with Crippen LogP contribution < -0.4 is 4.74 Å². The second-order valence-electron chi connectivity index (χ2n) is 3.32. The predicted octanol–water partition coefficient (Wildman–Crippen LogP) is 3.01. The Balaban J connectivity index is 2.42. The zero-order valence-electron chi connectivity index (χ0n) is 8.86. The highest BCUT2D eigenvalue weighted by molar-refractivity contribution is 5.87. The molecule has 0 saturated heterocycles. The van der Waals surface area contributed by atoms with Crippen molar-refractivity contribution in [3.8, 4) is 5.75 Å². The van der Waals surface area contributed by atoms with Crippen molar-refractivity contribution in [1.82, 2.24) is 0 Å². The lowest BCUT2D eigenvalue weighted by Gasteiger charge is -2.13. The van der Waals surface area contributed by atoms with E-state index in [1.807, 2.05) is 43.3 Å². The largest absolute Gasteiger partial charge is 0.464 e. The molecule has 0 N–H and O–H groups in total. The molecule has 2 nitrogen and oxygen atoms in total. The van der Waals surface area contributed by atoms with Gasteiger partial charge in [-0.05, 0) is 18.4 Å². The molecule has 1 atom stereocenters. The summed E-state index contributed by atoms with van der Waals surface area (Å²) in [4.78, 5) is 0. The van der Waals surface area contributed by atoms with Crippen LogP contribution in [0.5, 0.6) is 5.75 Å². The molecule has 0 saturated carbocycles. The van der Waals surface area contributed by atoms with Crippen molar-refractivity contribution in [1.29, 1.82) is 0 Å². The van der Waals surface area contributed by atoms with Crippen LogP contribution in [-0.4, -0.2) is 13.4 Å². The Morgan fingerprint density at radius 1 is 1.20 bits per heavy atom. The van der Waals surface area contributed by atoms with Gasteiger partial charge in [0, 0.05) is 18.6 Å². The van der Waals surface area contributed by atoms with E-state index in [1.165, 1.54) is 0 Å². The van der Waals surface area contributed by atoms with Crippen LogP contribution in [0.4, 0.5) is 0 Å². The maximum atomic E-state index is 5.60. The molecule has 2 heteroatoms. The summed E-state index contributed by atoms with van der Waals surface area (Å²) in [6, 6.07) is 15.0. The Hall–Kier alpha value is -1.54. The Bertz CT molecular complexity index is 446. The van der Waals surface area contributed by atoms with Crippen molar-refractivity contribution in [3.05, 3.63) is 42.5 Å². The number of fused-ring (bicyclic) bond motifs is 1. The van der Waals surface area contributed by atoms with Gasteiger partial charge in [-0.3, -0.25) is 0 Å². The minimum atomic E-state index is -0.257. The highest BCUT2D eigenvalue weighted by Gasteiger charge is 2.05. The summed E-state index contributed by atoms with van der Waals surface area (Å²) in [6.45, 7) is 1.86. The van der Waals surface area contributed by atoms with E-state index in [-0.39, 0.29) is 6.29 Å². The van der Waals surface area contributed by atoms with Gasteiger partial charge in [0.2, 0.25) is 0 Å². The molecule has 0 aliphatic rings. The summed E-state index contributed by atoms with van der Waals surface area (Å²) in [7, 11) is 1.62. The highest BCUT2D eigenvalue weighted by atomic mass is 16.7. The number of hydrogen-bond acceptors (Lipinski definition) is 2. The summed E-state index contributed by atoms with van der Waals surface area (Å²) in [6.07, 6.45) is -0.257. The molecule has 0 aromatic heterocycles. The molecule has 1 unspecified atom stereocenters. The van der Waals surface area contributed by atoms with E-state index in [1.54, 1.807) is 7.11 Å². The standard InChI is InChI=1S/C13H13O2/c1-10(14-2)15-13-9-5-7-11-6-3-4-8-12(11)13/h3-8,10H,1-2H3. The Morgan fingerprint density at radius 3 is 2.80 bits per heavy atom. The van der Waals surface area contributed by atoms with Crippen molar-refractivity contribution >= 4 is 10.8 Å². The zero-order valence-corrected chi connectivity index (χ0v) is 8.86. The molecule has 0 aliphatic heterocycles. The van der Waals surface area contributed by atoms with E-state index in [4.69, 9.17) is 9.47 Å². The summed E-state index contributed by atoms with van der Waals surface area (Å²) in [5.41, 5.74) is 0. The minimum absolute atomic E-state index is 0.257. The zero-order chi connectivity index (χ0) is 10.7. The topological polar surface area (TPSA) is 18.5 Å². The molecule has 15 heavy (non-hydrogen) atoms. The van der Waals surface area contributed by atoms with Gasteiger partial charge in [0.1, 0.15) is 5.75 Å². The second-order valence-corrected chi connectivity index (χ2v) is 3.32. The number of ether oxygens (including phenoxy) is 2. The maximum absolute atomic E-state index is 5.60. The third-order valence-corrected chi connectivity index (χ3v) is 2.30. The molecule has 77 valence electrons. The Morgan fingerprint density at radius 2 is 2.00 bits per heavy atom. The van der Waals surface area contributed by atoms with Crippen LogP contribution in [0.15, 0.2) is 36.4 Å². The van der Waals surface area contributed by atoms with E-state index in [2.05, 4.69) is 6.07 Å². The molecule has 0 heterocycles. The first-order valence-corrected chi connectivity index (χ1v) is 4.90. The number of methoxy groups -OCH3 is 1. The molecule has 2 aromatic carbocycles. The average molecular weight is 201 g/mol. The lowest BCUT2D eigenvalue weighted by molar-refractivity contribution is -0.0374. The second kappa shape index (κ2) is 4.32. The van der Waals surface area contributed by atoms with Crippen molar-refractivity contribution in [2.75, 3.05) is 7.11 Å². The summed E-state index contributed by atoms with van der Waals surface area (Å²) in [5.74, 6) is 0.738. The molecule has 0 bridgehead atoms. The summed E-state index contributed by atoms with van der Waals surface area (Å²) >= 11 is 0. The first-order chi connectivity index (χ1) is 7.31. The van der Waals surface area contributed by atoms with Crippen LogP contribution >= 0.6 is 0 Å². The van der Waals surface area contributed by atoms with Gasteiger partial charge in [0.25, 0.3) is 0 Å². The average Bonchev–Trinajstić information content (AvgIpc) is 2.29. The van der Waals surface area contributed by atoms with Crippen LogP contribution in [0.2, 0.25) is 0 Å². The van der Waals surface area contributed by atoms with E-state index in [0.717, 1.165) is 16.5 Å². The molecular formula is C13H13O2. The van der Waals surface area contributed by atoms with Crippen LogP contribution in [0, 0.1) is 6.07 Å². The van der Waals surface area contributed by atoms with Gasteiger partial charge in [-0.15, -0.1) is 0 Å². The van der Waals surface area contributed by atoms with Crippen LogP contribution in [0.1, 0.15) is 6.92 Å². The Kier molecular flexibility index (Phi) is 2.88. The van der Waals surface area contributed by atoms with Gasteiger partial charge in [-0.1, -0.05) is 30.3 Å². The Labute approximate surface area is 89.4 Å². The fraction of sp³-hybridized carbons (Fsp3) is 0.231. The normalized spacial score (nSPS) is 12.7. The predicted molar refractivity (Wildman–Crippen MR) is 59.9 cm³/mol. The molecule has 0 spiro atoms. The molecule has 1 radical (unpaired) electrons. The van der Waals surface area contributed by atoms with Crippen molar-refractivity contribution in [3.63, 3.8) is 0 Å². The van der Waals surface area contributed by atoms with E-state index in [9.17, 15) is 0 Å².